The molecule has 0 saturated carbocycles. The van der Waals surface area contributed by atoms with Gasteiger partial charge in [0.2, 0.25) is 11.8 Å². The van der Waals surface area contributed by atoms with Gasteiger partial charge in [0.05, 0.1) is 24.8 Å². The van der Waals surface area contributed by atoms with Crippen LogP contribution in [-0.2, 0) is 14.3 Å². The van der Waals surface area contributed by atoms with E-state index >= 15 is 0 Å². The van der Waals surface area contributed by atoms with Crippen molar-refractivity contribution >= 4 is 17.5 Å². The molecular formula is C17H22FN3O3. The highest BCUT2D eigenvalue weighted by Gasteiger charge is 2.35. The molecule has 2 saturated heterocycles. The van der Waals surface area contributed by atoms with E-state index in [1.54, 1.807) is 18.2 Å². The number of carbonyl (C=O) groups excluding carboxylic acids is 2. The molecule has 0 unspecified atom stereocenters. The predicted molar refractivity (Wildman–Crippen MR) is 87.1 cm³/mol. The maximum Gasteiger partial charge on any atom is 0.227 e. The van der Waals surface area contributed by atoms with Gasteiger partial charge < -0.3 is 15.0 Å². The van der Waals surface area contributed by atoms with Gasteiger partial charge in [0, 0.05) is 39.1 Å². The van der Waals surface area contributed by atoms with Crippen molar-refractivity contribution in [1.29, 1.82) is 0 Å². The van der Waals surface area contributed by atoms with Gasteiger partial charge in [0.25, 0.3) is 0 Å². The van der Waals surface area contributed by atoms with Crippen LogP contribution < -0.4 is 10.2 Å². The van der Waals surface area contributed by atoms with Crippen LogP contribution in [0, 0.1) is 11.7 Å². The van der Waals surface area contributed by atoms with Crippen LogP contribution in [0.5, 0.6) is 0 Å². The van der Waals surface area contributed by atoms with Gasteiger partial charge in [0.15, 0.2) is 0 Å². The van der Waals surface area contributed by atoms with Crippen molar-refractivity contribution in [3.8, 4) is 0 Å². The zero-order valence-electron chi connectivity index (χ0n) is 13.5. The molecule has 2 amide bonds. The third kappa shape index (κ3) is 3.91. The van der Waals surface area contributed by atoms with Gasteiger partial charge in [-0.15, -0.1) is 0 Å². The van der Waals surface area contributed by atoms with Gasteiger partial charge in [-0.1, -0.05) is 12.1 Å². The Bertz CT molecular complexity index is 604. The molecule has 130 valence electrons. The monoisotopic (exact) mass is 335 g/mol. The first kappa shape index (κ1) is 16.9. The van der Waals surface area contributed by atoms with Gasteiger partial charge in [0.1, 0.15) is 5.82 Å². The van der Waals surface area contributed by atoms with E-state index in [0.29, 0.717) is 6.54 Å². The summed E-state index contributed by atoms with van der Waals surface area (Å²) in [6.45, 7) is 4.74. The van der Waals surface area contributed by atoms with Gasteiger partial charge in [-0.05, 0) is 12.1 Å². The van der Waals surface area contributed by atoms with Crippen molar-refractivity contribution in [2.45, 2.75) is 6.42 Å². The van der Waals surface area contributed by atoms with Crippen LogP contribution in [0.1, 0.15) is 6.42 Å². The lowest BCUT2D eigenvalue weighted by Gasteiger charge is -2.26. The van der Waals surface area contributed by atoms with E-state index in [4.69, 9.17) is 4.74 Å². The largest absolute Gasteiger partial charge is 0.379 e. The van der Waals surface area contributed by atoms with E-state index < -0.39 is 11.7 Å². The van der Waals surface area contributed by atoms with E-state index in [9.17, 15) is 14.0 Å². The van der Waals surface area contributed by atoms with Crippen LogP contribution in [0.25, 0.3) is 0 Å². The lowest BCUT2D eigenvalue weighted by molar-refractivity contribution is -0.126. The molecule has 2 aliphatic heterocycles. The number of ether oxygens (including phenoxy) is 1. The molecule has 0 aromatic heterocycles. The molecule has 0 spiro atoms. The van der Waals surface area contributed by atoms with Crippen LogP contribution in [-0.4, -0.2) is 62.7 Å². The quantitative estimate of drug-likeness (QED) is 0.857. The minimum Gasteiger partial charge on any atom is -0.379 e. The van der Waals surface area contributed by atoms with E-state index in [0.717, 1.165) is 32.8 Å². The minimum atomic E-state index is -0.445. The lowest BCUT2D eigenvalue weighted by Crippen LogP contribution is -2.42. The number of nitrogens with one attached hydrogen (secondary N) is 1. The molecule has 2 heterocycles. The first-order valence-electron chi connectivity index (χ1n) is 8.28. The predicted octanol–water partition coefficient (Wildman–Crippen LogP) is 0.627. The minimum absolute atomic E-state index is 0.123. The highest BCUT2D eigenvalue weighted by Crippen LogP contribution is 2.27. The van der Waals surface area contributed by atoms with Crippen molar-refractivity contribution in [3.05, 3.63) is 30.1 Å². The number of rotatable bonds is 5. The first-order valence-corrected chi connectivity index (χ1v) is 8.28. The average Bonchev–Trinajstić information content (AvgIpc) is 2.98. The molecule has 0 aliphatic carbocycles. The highest BCUT2D eigenvalue weighted by molar-refractivity contribution is 6.00. The summed E-state index contributed by atoms with van der Waals surface area (Å²) in [6, 6.07) is 6.14. The molecule has 3 rings (SSSR count). The normalized spacial score (nSPS) is 22.0. The molecular weight excluding hydrogens is 313 g/mol. The smallest absolute Gasteiger partial charge is 0.227 e. The third-order valence-electron chi connectivity index (χ3n) is 4.47. The van der Waals surface area contributed by atoms with Crippen LogP contribution >= 0.6 is 0 Å². The standard InChI is InChI=1S/C17H22FN3O3/c18-14-3-1-2-4-15(14)21-12-13(11-16(21)22)17(23)19-5-6-20-7-9-24-10-8-20/h1-4,13H,5-12H2,(H,19,23)/t13-/m1/s1. The summed E-state index contributed by atoms with van der Waals surface area (Å²) >= 11 is 0. The molecule has 1 aromatic rings. The maximum absolute atomic E-state index is 13.8. The van der Waals surface area contributed by atoms with E-state index in [-0.39, 0.29) is 30.5 Å². The van der Waals surface area contributed by atoms with Gasteiger partial charge in [-0.2, -0.15) is 0 Å². The second kappa shape index (κ2) is 7.72. The Balaban J connectivity index is 1.49. The molecule has 1 N–H and O–H groups in total. The van der Waals surface area contributed by atoms with Crippen LogP contribution in [0.3, 0.4) is 0 Å². The SMILES string of the molecule is O=C(NCCN1CCOCC1)[C@@H]1CC(=O)N(c2ccccc2F)C1. The number of para-hydroxylation sites is 1. The number of amides is 2. The van der Waals surface area contributed by atoms with Crippen molar-refractivity contribution in [1.82, 2.24) is 10.2 Å². The number of hydrogen-bond donors (Lipinski definition) is 1. The summed E-state index contributed by atoms with van der Waals surface area (Å²) in [5, 5.41) is 2.89. The number of anilines is 1. The van der Waals surface area contributed by atoms with Crippen LogP contribution in [0.15, 0.2) is 24.3 Å². The molecule has 1 aromatic carbocycles. The summed E-state index contributed by atoms with van der Waals surface area (Å²) in [4.78, 5) is 28.0. The van der Waals surface area contributed by atoms with E-state index in [1.807, 2.05) is 0 Å². The Hall–Kier alpha value is -1.99. The van der Waals surface area contributed by atoms with Crippen molar-refractivity contribution < 1.29 is 18.7 Å². The Morgan fingerprint density at radius 3 is 2.79 bits per heavy atom. The summed E-state index contributed by atoms with van der Waals surface area (Å²) in [6.07, 6.45) is 0.123. The fraction of sp³-hybridized carbons (Fsp3) is 0.529. The number of benzene rings is 1. The summed E-state index contributed by atoms with van der Waals surface area (Å²) in [5.41, 5.74) is 0.242. The molecule has 0 bridgehead atoms. The zero-order chi connectivity index (χ0) is 16.9. The fourth-order valence-corrected chi connectivity index (χ4v) is 3.09. The Labute approximate surface area is 140 Å². The molecule has 0 radical (unpaired) electrons. The molecule has 24 heavy (non-hydrogen) atoms. The number of halogens is 1. The summed E-state index contributed by atoms with van der Waals surface area (Å²) in [5.74, 6) is -1.23. The zero-order valence-corrected chi connectivity index (χ0v) is 13.5. The number of carbonyl (C=O) groups is 2. The van der Waals surface area contributed by atoms with Crippen molar-refractivity contribution in [2.24, 2.45) is 5.92 Å². The number of hydrogen-bond acceptors (Lipinski definition) is 4. The van der Waals surface area contributed by atoms with Gasteiger partial charge >= 0.3 is 0 Å². The maximum atomic E-state index is 13.8. The Morgan fingerprint density at radius 1 is 1.29 bits per heavy atom. The molecule has 1 atom stereocenters. The summed E-state index contributed by atoms with van der Waals surface area (Å²) in [7, 11) is 0. The van der Waals surface area contributed by atoms with Crippen molar-refractivity contribution in [3.63, 3.8) is 0 Å². The highest BCUT2D eigenvalue weighted by atomic mass is 19.1. The van der Waals surface area contributed by atoms with E-state index in [1.165, 1.54) is 11.0 Å². The van der Waals surface area contributed by atoms with Gasteiger partial charge in [-0.25, -0.2) is 4.39 Å². The van der Waals surface area contributed by atoms with E-state index in [2.05, 4.69) is 10.2 Å². The molecule has 2 fully saturated rings. The number of nitrogens with zero attached hydrogens (tertiary/aromatic N) is 2. The Kier molecular flexibility index (Phi) is 5.42. The van der Waals surface area contributed by atoms with Crippen molar-refractivity contribution in [2.75, 3.05) is 50.8 Å². The molecule has 7 heteroatoms. The average molecular weight is 335 g/mol. The molecule has 2 aliphatic rings. The first-order chi connectivity index (χ1) is 11.6. The topological polar surface area (TPSA) is 61.9 Å². The van der Waals surface area contributed by atoms with Crippen LogP contribution in [0.4, 0.5) is 10.1 Å². The number of morpholine rings is 1. The van der Waals surface area contributed by atoms with Gasteiger partial charge in [-0.3, -0.25) is 14.5 Å². The Morgan fingerprint density at radius 2 is 2.04 bits per heavy atom. The summed E-state index contributed by atoms with van der Waals surface area (Å²) < 4.78 is 19.1. The fourth-order valence-electron chi connectivity index (χ4n) is 3.09. The molecule has 6 nitrogen and oxygen atoms in total. The lowest BCUT2D eigenvalue weighted by atomic mass is 10.1. The third-order valence-corrected chi connectivity index (χ3v) is 4.47. The second-order valence-corrected chi connectivity index (χ2v) is 6.10. The van der Waals surface area contributed by atoms with Crippen LogP contribution in [0.2, 0.25) is 0 Å². The second-order valence-electron chi connectivity index (χ2n) is 6.10.